The number of ether oxygens (including phenoxy) is 5. The van der Waals surface area contributed by atoms with Crippen molar-refractivity contribution in [2.24, 2.45) is 0 Å². The van der Waals surface area contributed by atoms with Gasteiger partial charge >= 0.3 is 5.97 Å². The van der Waals surface area contributed by atoms with Gasteiger partial charge in [0, 0.05) is 6.07 Å². The molecule has 0 aromatic heterocycles. The molecular weight excluding hydrogens is 378 g/mol. The first-order valence-corrected chi connectivity index (χ1v) is 9.41. The Balaban J connectivity index is 1.88. The SMILES string of the molecule is CCOc1cc(C(=O)Oc2ccc3c(c2)NC(=O)CO3)cc(OCC)c1OCC. The summed E-state index contributed by atoms with van der Waals surface area (Å²) < 4.78 is 27.7. The Kier molecular flexibility index (Phi) is 6.43. The summed E-state index contributed by atoms with van der Waals surface area (Å²) >= 11 is 0. The molecule has 0 aliphatic carbocycles. The van der Waals surface area contributed by atoms with Crippen LogP contribution in [0.2, 0.25) is 0 Å². The van der Waals surface area contributed by atoms with E-state index in [9.17, 15) is 9.59 Å². The number of esters is 1. The molecule has 2 aromatic rings. The third kappa shape index (κ3) is 4.71. The number of hydrogen-bond acceptors (Lipinski definition) is 7. The van der Waals surface area contributed by atoms with E-state index in [0.29, 0.717) is 48.5 Å². The van der Waals surface area contributed by atoms with E-state index in [-0.39, 0.29) is 23.8 Å². The second-order valence-electron chi connectivity index (χ2n) is 5.99. The first kappa shape index (κ1) is 20.3. The zero-order valence-corrected chi connectivity index (χ0v) is 16.6. The second kappa shape index (κ2) is 9.18. The Morgan fingerprint density at radius 3 is 2.28 bits per heavy atom. The molecule has 3 rings (SSSR count). The number of amides is 1. The van der Waals surface area contributed by atoms with E-state index >= 15 is 0 Å². The number of fused-ring (bicyclic) bond motifs is 1. The van der Waals surface area contributed by atoms with Gasteiger partial charge in [0.25, 0.3) is 5.91 Å². The monoisotopic (exact) mass is 401 g/mol. The fourth-order valence-electron chi connectivity index (χ4n) is 2.80. The maximum absolute atomic E-state index is 12.7. The molecule has 29 heavy (non-hydrogen) atoms. The Labute approximate surface area is 168 Å². The van der Waals surface area contributed by atoms with E-state index in [2.05, 4.69) is 5.32 Å². The molecule has 0 atom stereocenters. The van der Waals surface area contributed by atoms with E-state index in [1.807, 2.05) is 20.8 Å². The molecule has 2 aromatic carbocycles. The Morgan fingerprint density at radius 2 is 1.66 bits per heavy atom. The van der Waals surface area contributed by atoms with Gasteiger partial charge in [-0.3, -0.25) is 4.79 Å². The van der Waals surface area contributed by atoms with Crippen molar-refractivity contribution in [1.82, 2.24) is 0 Å². The first-order chi connectivity index (χ1) is 14.0. The van der Waals surface area contributed by atoms with Gasteiger partial charge in [-0.15, -0.1) is 0 Å². The van der Waals surface area contributed by atoms with Gasteiger partial charge < -0.3 is 29.0 Å². The predicted molar refractivity (Wildman–Crippen MR) is 105 cm³/mol. The molecule has 0 unspecified atom stereocenters. The highest BCUT2D eigenvalue weighted by molar-refractivity contribution is 5.96. The van der Waals surface area contributed by atoms with Crippen molar-refractivity contribution in [3.05, 3.63) is 35.9 Å². The lowest BCUT2D eigenvalue weighted by Crippen LogP contribution is -2.25. The molecule has 0 saturated heterocycles. The van der Waals surface area contributed by atoms with E-state index in [1.54, 1.807) is 24.3 Å². The summed E-state index contributed by atoms with van der Waals surface area (Å²) in [5.41, 5.74) is 0.696. The van der Waals surface area contributed by atoms with Crippen LogP contribution in [-0.2, 0) is 4.79 Å². The smallest absolute Gasteiger partial charge is 0.343 e. The molecule has 0 fully saturated rings. The summed E-state index contributed by atoms with van der Waals surface area (Å²) in [7, 11) is 0. The van der Waals surface area contributed by atoms with Crippen LogP contribution < -0.4 is 29.0 Å². The fraction of sp³-hybridized carbons (Fsp3) is 0.333. The third-order valence-corrected chi connectivity index (χ3v) is 3.94. The van der Waals surface area contributed by atoms with Crippen LogP contribution in [-0.4, -0.2) is 38.3 Å². The van der Waals surface area contributed by atoms with Gasteiger partial charge in [-0.05, 0) is 45.0 Å². The largest absolute Gasteiger partial charge is 0.490 e. The maximum atomic E-state index is 12.7. The van der Waals surface area contributed by atoms with Gasteiger partial charge in [0.05, 0.1) is 31.1 Å². The molecular formula is C21H23NO7. The molecule has 1 aliphatic rings. The van der Waals surface area contributed by atoms with Crippen molar-refractivity contribution in [1.29, 1.82) is 0 Å². The average molecular weight is 401 g/mol. The topological polar surface area (TPSA) is 92.3 Å². The standard InChI is InChI=1S/C21H23NO7/c1-4-25-17-9-13(10-18(26-5-2)20(17)27-6-3)21(24)29-14-7-8-16-15(11-14)22-19(23)12-28-16/h7-11H,4-6,12H2,1-3H3,(H,22,23). The number of benzene rings is 2. The highest BCUT2D eigenvalue weighted by atomic mass is 16.5. The molecule has 0 bridgehead atoms. The van der Waals surface area contributed by atoms with E-state index in [0.717, 1.165) is 0 Å². The molecule has 0 spiro atoms. The van der Waals surface area contributed by atoms with Gasteiger partial charge in [-0.25, -0.2) is 4.79 Å². The summed E-state index contributed by atoms with van der Waals surface area (Å²) in [6.07, 6.45) is 0. The van der Waals surface area contributed by atoms with E-state index in [1.165, 1.54) is 6.07 Å². The van der Waals surface area contributed by atoms with Crippen LogP contribution in [0.4, 0.5) is 5.69 Å². The highest BCUT2D eigenvalue weighted by Crippen LogP contribution is 2.39. The van der Waals surface area contributed by atoms with Gasteiger partial charge in [0.15, 0.2) is 18.1 Å². The van der Waals surface area contributed by atoms with Crippen LogP contribution in [0, 0.1) is 0 Å². The molecule has 1 heterocycles. The third-order valence-electron chi connectivity index (χ3n) is 3.94. The lowest BCUT2D eigenvalue weighted by Gasteiger charge is -2.19. The van der Waals surface area contributed by atoms with Crippen molar-refractivity contribution in [2.45, 2.75) is 20.8 Å². The van der Waals surface area contributed by atoms with Crippen molar-refractivity contribution in [3.63, 3.8) is 0 Å². The van der Waals surface area contributed by atoms with E-state index < -0.39 is 5.97 Å². The minimum absolute atomic E-state index is 0.0429. The van der Waals surface area contributed by atoms with Crippen molar-refractivity contribution < 1.29 is 33.3 Å². The zero-order chi connectivity index (χ0) is 20.8. The number of rotatable bonds is 8. The fourth-order valence-corrected chi connectivity index (χ4v) is 2.80. The lowest BCUT2D eigenvalue weighted by molar-refractivity contribution is -0.118. The van der Waals surface area contributed by atoms with Crippen LogP contribution >= 0.6 is 0 Å². The van der Waals surface area contributed by atoms with E-state index in [4.69, 9.17) is 23.7 Å². The van der Waals surface area contributed by atoms with Gasteiger partial charge in [-0.2, -0.15) is 0 Å². The Morgan fingerprint density at radius 1 is 1.00 bits per heavy atom. The lowest BCUT2D eigenvalue weighted by atomic mass is 10.1. The number of anilines is 1. The Hall–Kier alpha value is -3.42. The highest BCUT2D eigenvalue weighted by Gasteiger charge is 2.21. The molecule has 8 nitrogen and oxygen atoms in total. The van der Waals surface area contributed by atoms with Crippen LogP contribution in [0.25, 0.3) is 0 Å². The predicted octanol–water partition coefficient (Wildman–Crippen LogP) is 3.43. The summed E-state index contributed by atoms with van der Waals surface area (Å²) in [6, 6.07) is 7.87. The Bertz CT molecular complexity index is 883. The summed E-state index contributed by atoms with van der Waals surface area (Å²) in [5, 5.41) is 2.67. The van der Waals surface area contributed by atoms with Crippen molar-refractivity contribution in [2.75, 3.05) is 31.7 Å². The second-order valence-corrected chi connectivity index (χ2v) is 5.99. The average Bonchev–Trinajstić information content (AvgIpc) is 2.70. The maximum Gasteiger partial charge on any atom is 0.343 e. The number of nitrogens with one attached hydrogen (secondary N) is 1. The summed E-state index contributed by atoms with van der Waals surface area (Å²) in [6.45, 7) is 6.70. The molecule has 1 amide bonds. The van der Waals surface area contributed by atoms with Gasteiger partial charge in [0.2, 0.25) is 5.75 Å². The summed E-state index contributed by atoms with van der Waals surface area (Å²) in [5.74, 6) is 1.17. The zero-order valence-electron chi connectivity index (χ0n) is 16.6. The quantitative estimate of drug-likeness (QED) is 0.535. The molecule has 154 valence electrons. The number of carbonyl (C=O) groups is 2. The van der Waals surface area contributed by atoms with Crippen LogP contribution in [0.5, 0.6) is 28.7 Å². The minimum atomic E-state index is -0.599. The molecule has 1 aliphatic heterocycles. The molecule has 1 N–H and O–H groups in total. The number of carbonyl (C=O) groups excluding carboxylic acids is 2. The van der Waals surface area contributed by atoms with Crippen molar-refractivity contribution >= 4 is 17.6 Å². The minimum Gasteiger partial charge on any atom is -0.490 e. The van der Waals surface area contributed by atoms with Crippen molar-refractivity contribution in [3.8, 4) is 28.7 Å². The number of hydrogen-bond donors (Lipinski definition) is 1. The summed E-state index contributed by atoms with van der Waals surface area (Å²) in [4.78, 5) is 24.2. The first-order valence-electron chi connectivity index (χ1n) is 9.41. The van der Waals surface area contributed by atoms with Crippen LogP contribution in [0.15, 0.2) is 30.3 Å². The van der Waals surface area contributed by atoms with Crippen LogP contribution in [0.3, 0.4) is 0 Å². The molecule has 8 heteroatoms. The molecule has 0 radical (unpaired) electrons. The van der Waals surface area contributed by atoms with Crippen LogP contribution in [0.1, 0.15) is 31.1 Å². The van der Waals surface area contributed by atoms with Gasteiger partial charge in [0.1, 0.15) is 11.5 Å². The molecule has 0 saturated carbocycles. The van der Waals surface area contributed by atoms with Gasteiger partial charge in [-0.1, -0.05) is 0 Å². The normalized spacial score (nSPS) is 12.3.